The van der Waals surface area contributed by atoms with E-state index in [2.05, 4.69) is 10.6 Å². The third-order valence-electron chi connectivity index (χ3n) is 3.77. The highest BCUT2D eigenvalue weighted by Crippen LogP contribution is 2.31. The van der Waals surface area contributed by atoms with Crippen molar-refractivity contribution in [2.45, 2.75) is 12.5 Å². The van der Waals surface area contributed by atoms with E-state index in [0.717, 1.165) is 23.3 Å². The molecule has 3 rings (SSSR count). The molecule has 1 aliphatic heterocycles. The van der Waals surface area contributed by atoms with Gasteiger partial charge in [-0.3, -0.25) is 4.79 Å². The molecule has 0 saturated carbocycles. The highest BCUT2D eigenvalue weighted by Gasteiger charge is 2.29. The number of anilines is 1. The molecule has 0 spiro atoms. The Morgan fingerprint density at radius 3 is 2.73 bits per heavy atom. The number of benzene rings is 2. The van der Waals surface area contributed by atoms with Gasteiger partial charge in [0.2, 0.25) is 5.91 Å². The summed E-state index contributed by atoms with van der Waals surface area (Å²) >= 11 is 0. The quantitative estimate of drug-likeness (QED) is 0.892. The van der Waals surface area contributed by atoms with Gasteiger partial charge in [0, 0.05) is 17.8 Å². The van der Waals surface area contributed by atoms with Gasteiger partial charge in [0.1, 0.15) is 17.6 Å². The second-order valence-electron chi connectivity index (χ2n) is 5.21. The van der Waals surface area contributed by atoms with E-state index in [0.29, 0.717) is 12.2 Å². The molecule has 2 N–H and O–H groups in total. The van der Waals surface area contributed by atoms with Crippen molar-refractivity contribution in [2.24, 2.45) is 0 Å². The average molecular weight is 300 g/mol. The number of hydrogen-bond donors (Lipinski definition) is 2. The van der Waals surface area contributed by atoms with Crippen molar-refractivity contribution in [3.8, 4) is 5.75 Å². The van der Waals surface area contributed by atoms with E-state index in [9.17, 15) is 9.18 Å². The third kappa shape index (κ3) is 2.94. The van der Waals surface area contributed by atoms with E-state index in [1.165, 1.54) is 12.1 Å². The Kier molecular flexibility index (Phi) is 4.06. The van der Waals surface area contributed by atoms with E-state index in [-0.39, 0.29) is 11.7 Å². The maximum absolute atomic E-state index is 13.2. The van der Waals surface area contributed by atoms with Gasteiger partial charge in [-0.05, 0) is 36.2 Å². The minimum atomic E-state index is -0.422. The molecule has 1 atom stereocenters. The molecule has 114 valence electrons. The van der Waals surface area contributed by atoms with Gasteiger partial charge in [-0.1, -0.05) is 18.2 Å². The molecule has 22 heavy (non-hydrogen) atoms. The summed E-state index contributed by atoms with van der Waals surface area (Å²) in [6, 6.07) is 11.8. The zero-order chi connectivity index (χ0) is 15.5. The molecule has 1 aliphatic rings. The van der Waals surface area contributed by atoms with Gasteiger partial charge >= 0.3 is 0 Å². The topological polar surface area (TPSA) is 50.4 Å². The first-order valence-electron chi connectivity index (χ1n) is 7.14. The molecule has 4 nitrogen and oxygen atoms in total. The van der Waals surface area contributed by atoms with E-state index in [1.807, 2.05) is 24.3 Å². The number of amides is 1. The van der Waals surface area contributed by atoms with E-state index in [1.54, 1.807) is 13.2 Å². The van der Waals surface area contributed by atoms with Crippen LogP contribution in [0.5, 0.6) is 5.75 Å². The van der Waals surface area contributed by atoms with Crippen LogP contribution in [-0.4, -0.2) is 19.6 Å². The van der Waals surface area contributed by atoms with E-state index in [4.69, 9.17) is 4.74 Å². The number of ether oxygens (including phenoxy) is 1. The predicted octanol–water partition coefficient (Wildman–Crippen LogP) is 2.66. The standard InChI is InChI=1S/C17H17FN2O2/c1-22-13-5-2-11(3-6-13)8-9-19-16-14-7-4-12(18)10-15(14)20-17(16)21/h2-7,10,16,19H,8-9H2,1H3,(H,20,21). The Hall–Kier alpha value is -2.40. The normalized spacial score (nSPS) is 16.3. The lowest BCUT2D eigenvalue weighted by molar-refractivity contribution is -0.117. The maximum Gasteiger partial charge on any atom is 0.246 e. The van der Waals surface area contributed by atoms with E-state index < -0.39 is 6.04 Å². The van der Waals surface area contributed by atoms with Gasteiger partial charge in [-0.15, -0.1) is 0 Å². The Labute approximate surface area is 128 Å². The van der Waals surface area contributed by atoms with Crippen LogP contribution >= 0.6 is 0 Å². The lowest BCUT2D eigenvalue weighted by Gasteiger charge is -2.11. The molecule has 0 aromatic heterocycles. The minimum absolute atomic E-state index is 0.143. The number of halogens is 1. The Morgan fingerprint density at radius 1 is 1.23 bits per heavy atom. The van der Waals surface area contributed by atoms with Crippen LogP contribution in [0, 0.1) is 5.82 Å². The number of fused-ring (bicyclic) bond motifs is 1. The number of rotatable bonds is 5. The predicted molar refractivity (Wildman–Crippen MR) is 82.5 cm³/mol. The molecule has 0 bridgehead atoms. The fourth-order valence-corrected chi connectivity index (χ4v) is 2.59. The summed E-state index contributed by atoms with van der Waals surface area (Å²) in [7, 11) is 1.63. The highest BCUT2D eigenvalue weighted by atomic mass is 19.1. The molecular formula is C17H17FN2O2. The largest absolute Gasteiger partial charge is 0.497 e. The van der Waals surface area contributed by atoms with Crippen LogP contribution in [0.1, 0.15) is 17.2 Å². The van der Waals surface area contributed by atoms with Crippen molar-refractivity contribution < 1.29 is 13.9 Å². The van der Waals surface area contributed by atoms with Crippen LogP contribution in [0.25, 0.3) is 0 Å². The molecular weight excluding hydrogens is 283 g/mol. The van der Waals surface area contributed by atoms with Crippen molar-refractivity contribution in [2.75, 3.05) is 19.0 Å². The second-order valence-corrected chi connectivity index (χ2v) is 5.21. The Morgan fingerprint density at radius 2 is 2.00 bits per heavy atom. The first-order chi connectivity index (χ1) is 10.7. The Balaban J connectivity index is 1.61. The minimum Gasteiger partial charge on any atom is -0.497 e. The molecule has 1 amide bonds. The number of carbonyl (C=O) groups excluding carboxylic acids is 1. The van der Waals surface area contributed by atoms with Crippen LogP contribution in [0.3, 0.4) is 0 Å². The summed E-state index contributed by atoms with van der Waals surface area (Å²) in [6.45, 7) is 0.654. The van der Waals surface area contributed by atoms with Gasteiger partial charge in [-0.25, -0.2) is 4.39 Å². The molecule has 2 aromatic rings. The van der Waals surface area contributed by atoms with Gasteiger partial charge in [0.15, 0.2) is 0 Å². The summed E-state index contributed by atoms with van der Waals surface area (Å²) in [5.74, 6) is 0.330. The number of nitrogens with one attached hydrogen (secondary N) is 2. The van der Waals surface area contributed by atoms with Crippen LogP contribution in [0.2, 0.25) is 0 Å². The SMILES string of the molecule is COc1ccc(CCNC2C(=O)Nc3cc(F)ccc32)cc1. The Bertz CT molecular complexity index is 686. The van der Waals surface area contributed by atoms with Gasteiger partial charge in [-0.2, -0.15) is 0 Å². The summed E-state index contributed by atoms with van der Waals surface area (Å²) < 4.78 is 18.3. The van der Waals surface area contributed by atoms with Crippen molar-refractivity contribution in [1.82, 2.24) is 5.32 Å². The van der Waals surface area contributed by atoms with Crippen molar-refractivity contribution >= 4 is 11.6 Å². The fourth-order valence-electron chi connectivity index (χ4n) is 2.59. The average Bonchev–Trinajstić information content (AvgIpc) is 2.83. The van der Waals surface area contributed by atoms with Crippen LogP contribution in [0.15, 0.2) is 42.5 Å². The van der Waals surface area contributed by atoms with Crippen LogP contribution < -0.4 is 15.4 Å². The van der Waals surface area contributed by atoms with Gasteiger partial charge < -0.3 is 15.4 Å². The third-order valence-corrected chi connectivity index (χ3v) is 3.77. The highest BCUT2D eigenvalue weighted by molar-refractivity contribution is 6.02. The summed E-state index contributed by atoms with van der Waals surface area (Å²) in [5, 5.41) is 5.91. The molecule has 0 saturated heterocycles. The fraction of sp³-hybridized carbons (Fsp3) is 0.235. The summed E-state index contributed by atoms with van der Waals surface area (Å²) in [5.41, 5.74) is 2.50. The summed E-state index contributed by atoms with van der Waals surface area (Å²) in [6.07, 6.45) is 0.796. The van der Waals surface area contributed by atoms with Crippen molar-refractivity contribution in [1.29, 1.82) is 0 Å². The number of methoxy groups -OCH3 is 1. The molecule has 0 aliphatic carbocycles. The maximum atomic E-state index is 13.2. The lowest BCUT2D eigenvalue weighted by atomic mass is 10.1. The van der Waals surface area contributed by atoms with Crippen molar-refractivity contribution in [3.05, 3.63) is 59.4 Å². The second kappa shape index (κ2) is 6.15. The molecule has 0 fully saturated rings. The molecule has 1 heterocycles. The molecule has 2 aromatic carbocycles. The molecule has 5 heteroatoms. The lowest BCUT2D eigenvalue weighted by Crippen LogP contribution is -2.29. The zero-order valence-corrected chi connectivity index (χ0v) is 12.2. The van der Waals surface area contributed by atoms with Crippen LogP contribution in [0.4, 0.5) is 10.1 Å². The van der Waals surface area contributed by atoms with E-state index >= 15 is 0 Å². The van der Waals surface area contributed by atoms with Crippen molar-refractivity contribution in [3.63, 3.8) is 0 Å². The molecule has 1 unspecified atom stereocenters. The number of carbonyl (C=O) groups is 1. The first kappa shape index (κ1) is 14.5. The summed E-state index contributed by atoms with van der Waals surface area (Å²) in [4.78, 5) is 12.0. The zero-order valence-electron chi connectivity index (χ0n) is 12.2. The number of hydrogen-bond acceptors (Lipinski definition) is 3. The van der Waals surface area contributed by atoms with Gasteiger partial charge in [0.25, 0.3) is 0 Å². The first-order valence-corrected chi connectivity index (χ1v) is 7.14. The van der Waals surface area contributed by atoms with Gasteiger partial charge in [0.05, 0.1) is 7.11 Å². The smallest absolute Gasteiger partial charge is 0.246 e. The molecule has 0 radical (unpaired) electrons. The van der Waals surface area contributed by atoms with Crippen LogP contribution in [-0.2, 0) is 11.2 Å². The monoisotopic (exact) mass is 300 g/mol.